The molecule has 0 saturated carbocycles. The summed E-state index contributed by atoms with van der Waals surface area (Å²) in [6.07, 6.45) is -3.17. The number of halogens is 4. The quantitative estimate of drug-likeness (QED) is 0.801. The van der Waals surface area contributed by atoms with E-state index in [1.165, 1.54) is 12.1 Å². The molecule has 1 aliphatic rings. The van der Waals surface area contributed by atoms with Crippen LogP contribution in [0.1, 0.15) is 12.8 Å². The summed E-state index contributed by atoms with van der Waals surface area (Å²) >= 11 is 0. The molecule has 10 heteroatoms. The first-order valence-corrected chi connectivity index (χ1v) is 8.31. The van der Waals surface area contributed by atoms with E-state index in [2.05, 4.69) is 14.8 Å². The molecule has 1 aromatic carbocycles. The number of hydrogen-bond donors (Lipinski definition) is 2. The average molecular weight is 375 g/mol. The number of alkyl halides is 3. The van der Waals surface area contributed by atoms with Gasteiger partial charge in [0.25, 0.3) is 0 Å². The second-order valence-electron chi connectivity index (χ2n) is 5.07. The van der Waals surface area contributed by atoms with E-state index in [1.54, 1.807) is 0 Å². The highest BCUT2D eigenvalue weighted by Crippen LogP contribution is 2.24. The van der Waals surface area contributed by atoms with Gasteiger partial charge in [-0.1, -0.05) is 6.07 Å². The van der Waals surface area contributed by atoms with Gasteiger partial charge in [0.05, 0.1) is 4.90 Å². The second-order valence-corrected chi connectivity index (χ2v) is 6.83. The molecule has 1 unspecified atom stereocenters. The molecular formula is C13H18ClF3N2O3S. The summed E-state index contributed by atoms with van der Waals surface area (Å²) in [6.45, 7) is 2.03. The van der Waals surface area contributed by atoms with Crippen molar-refractivity contribution in [2.24, 2.45) is 5.92 Å². The van der Waals surface area contributed by atoms with Gasteiger partial charge < -0.3 is 10.1 Å². The molecule has 1 aromatic rings. The van der Waals surface area contributed by atoms with Gasteiger partial charge >= 0.3 is 6.36 Å². The van der Waals surface area contributed by atoms with E-state index in [0.29, 0.717) is 12.3 Å². The van der Waals surface area contributed by atoms with E-state index in [9.17, 15) is 21.6 Å². The lowest BCUT2D eigenvalue weighted by Crippen LogP contribution is -2.27. The van der Waals surface area contributed by atoms with Gasteiger partial charge in [-0.2, -0.15) is 0 Å². The Kier molecular flexibility index (Phi) is 7.12. The van der Waals surface area contributed by atoms with Crippen molar-refractivity contribution in [1.82, 2.24) is 10.0 Å². The third kappa shape index (κ3) is 6.54. The first-order chi connectivity index (χ1) is 10.3. The standard InChI is InChI=1S/C13H17F3N2O3S.ClH/c14-13(15,16)21-11-2-1-3-12(8-11)22(19,20)18-7-5-10-4-6-17-9-10;/h1-3,8,10,17-18H,4-7,9H2;1H. The van der Waals surface area contributed by atoms with Crippen LogP contribution >= 0.6 is 12.4 Å². The summed E-state index contributed by atoms with van der Waals surface area (Å²) in [7, 11) is -3.85. The number of hydrogen-bond acceptors (Lipinski definition) is 4. The second kappa shape index (κ2) is 8.18. The van der Waals surface area contributed by atoms with Crippen LogP contribution in [0.4, 0.5) is 13.2 Å². The van der Waals surface area contributed by atoms with Gasteiger partial charge in [0.2, 0.25) is 10.0 Å². The van der Waals surface area contributed by atoms with Crippen molar-refractivity contribution in [3.8, 4) is 5.75 Å². The predicted molar refractivity (Wildman–Crippen MR) is 81.2 cm³/mol. The third-order valence-corrected chi connectivity index (χ3v) is 4.82. The Bertz CT molecular complexity index is 605. The monoisotopic (exact) mass is 374 g/mol. The smallest absolute Gasteiger partial charge is 0.406 e. The lowest BCUT2D eigenvalue weighted by atomic mass is 10.1. The minimum absolute atomic E-state index is 0. The fourth-order valence-electron chi connectivity index (χ4n) is 2.28. The van der Waals surface area contributed by atoms with E-state index in [1.807, 2.05) is 0 Å². The number of benzene rings is 1. The summed E-state index contributed by atoms with van der Waals surface area (Å²) in [4.78, 5) is -0.251. The van der Waals surface area contributed by atoms with Crippen LogP contribution < -0.4 is 14.8 Å². The van der Waals surface area contributed by atoms with Crippen molar-refractivity contribution in [2.45, 2.75) is 24.1 Å². The molecule has 0 spiro atoms. The van der Waals surface area contributed by atoms with Crippen LogP contribution in [-0.2, 0) is 10.0 Å². The molecule has 23 heavy (non-hydrogen) atoms. The summed E-state index contributed by atoms with van der Waals surface area (Å²) in [6, 6.07) is 4.34. The number of sulfonamides is 1. The first kappa shape index (κ1) is 20.0. The number of rotatable bonds is 6. The zero-order valence-electron chi connectivity index (χ0n) is 12.1. The fraction of sp³-hybridized carbons (Fsp3) is 0.538. The largest absolute Gasteiger partial charge is 0.573 e. The molecule has 2 rings (SSSR count). The zero-order valence-corrected chi connectivity index (χ0v) is 13.7. The van der Waals surface area contributed by atoms with Gasteiger partial charge in [0.15, 0.2) is 0 Å². The Labute approximate surface area is 139 Å². The molecule has 2 N–H and O–H groups in total. The molecule has 0 radical (unpaired) electrons. The van der Waals surface area contributed by atoms with Crippen molar-refractivity contribution < 1.29 is 26.3 Å². The maximum atomic E-state index is 12.2. The van der Waals surface area contributed by atoms with Crippen molar-refractivity contribution >= 4 is 22.4 Å². The van der Waals surface area contributed by atoms with E-state index >= 15 is 0 Å². The van der Waals surface area contributed by atoms with Crippen molar-refractivity contribution in [3.05, 3.63) is 24.3 Å². The maximum Gasteiger partial charge on any atom is 0.573 e. The Morgan fingerprint density at radius 1 is 1.35 bits per heavy atom. The number of ether oxygens (including phenoxy) is 1. The number of nitrogens with one attached hydrogen (secondary N) is 2. The highest BCUT2D eigenvalue weighted by molar-refractivity contribution is 7.89. The molecule has 0 aliphatic carbocycles. The summed E-state index contributed by atoms with van der Waals surface area (Å²) in [5.74, 6) is -0.141. The predicted octanol–water partition coefficient (Wildman–Crippen LogP) is 2.28. The zero-order chi connectivity index (χ0) is 16.2. The van der Waals surface area contributed by atoms with E-state index in [4.69, 9.17) is 0 Å². The van der Waals surface area contributed by atoms with Crippen LogP contribution in [0.3, 0.4) is 0 Å². The van der Waals surface area contributed by atoms with Crippen molar-refractivity contribution in [2.75, 3.05) is 19.6 Å². The molecule has 5 nitrogen and oxygen atoms in total. The average Bonchev–Trinajstić information content (AvgIpc) is 2.90. The van der Waals surface area contributed by atoms with E-state index in [0.717, 1.165) is 31.6 Å². The lowest BCUT2D eigenvalue weighted by Gasteiger charge is -2.12. The molecular weight excluding hydrogens is 357 g/mol. The molecule has 132 valence electrons. The Hall–Kier alpha value is -1.03. The van der Waals surface area contributed by atoms with Crippen LogP contribution in [0.5, 0.6) is 5.75 Å². The Morgan fingerprint density at radius 2 is 2.09 bits per heavy atom. The molecule has 1 heterocycles. The maximum absolute atomic E-state index is 12.2. The fourth-order valence-corrected chi connectivity index (χ4v) is 3.36. The Morgan fingerprint density at radius 3 is 2.70 bits per heavy atom. The van der Waals surface area contributed by atoms with Crippen LogP contribution in [0, 0.1) is 5.92 Å². The van der Waals surface area contributed by atoms with Gasteiger partial charge in [0.1, 0.15) is 5.75 Å². The molecule has 1 fully saturated rings. The topological polar surface area (TPSA) is 67.4 Å². The Balaban J connectivity index is 0.00000264. The van der Waals surface area contributed by atoms with Gasteiger partial charge in [-0.3, -0.25) is 0 Å². The van der Waals surface area contributed by atoms with Crippen LogP contribution in [0.2, 0.25) is 0 Å². The molecule has 1 atom stereocenters. The van der Waals surface area contributed by atoms with Gasteiger partial charge in [-0.15, -0.1) is 25.6 Å². The van der Waals surface area contributed by atoms with Crippen LogP contribution in [0.15, 0.2) is 29.2 Å². The van der Waals surface area contributed by atoms with Crippen LogP contribution in [-0.4, -0.2) is 34.4 Å². The third-order valence-electron chi connectivity index (χ3n) is 3.36. The first-order valence-electron chi connectivity index (χ1n) is 6.82. The van der Waals surface area contributed by atoms with Gasteiger partial charge in [-0.25, -0.2) is 13.1 Å². The van der Waals surface area contributed by atoms with Crippen LogP contribution in [0.25, 0.3) is 0 Å². The SMILES string of the molecule is Cl.O=S(=O)(NCCC1CCNC1)c1cccc(OC(F)(F)F)c1. The molecule has 0 amide bonds. The molecule has 0 aromatic heterocycles. The normalized spacial score (nSPS) is 18.5. The highest BCUT2D eigenvalue weighted by atomic mass is 35.5. The summed E-state index contributed by atoms with van der Waals surface area (Å²) < 4.78 is 66.7. The minimum atomic E-state index is -4.86. The van der Waals surface area contributed by atoms with E-state index < -0.39 is 22.1 Å². The highest BCUT2D eigenvalue weighted by Gasteiger charge is 2.31. The van der Waals surface area contributed by atoms with Crippen molar-refractivity contribution in [1.29, 1.82) is 0 Å². The molecule has 1 saturated heterocycles. The minimum Gasteiger partial charge on any atom is -0.406 e. The summed E-state index contributed by atoms with van der Waals surface area (Å²) in [5.41, 5.74) is 0. The molecule has 1 aliphatic heterocycles. The van der Waals surface area contributed by atoms with Gasteiger partial charge in [-0.05, 0) is 44.0 Å². The summed E-state index contributed by atoms with van der Waals surface area (Å²) in [5, 5.41) is 3.18. The lowest BCUT2D eigenvalue weighted by molar-refractivity contribution is -0.274. The molecule has 0 bridgehead atoms. The van der Waals surface area contributed by atoms with E-state index in [-0.39, 0.29) is 23.8 Å². The van der Waals surface area contributed by atoms with Crippen molar-refractivity contribution in [3.63, 3.8) is 0 Å². The van der Waals surface area contributed by atoms with Gasteiger partial charge in [0, 0.05) is 12.6 Å².